The number of benzene rings is 1. The summed E-state index contributed by atoms with van der Waals surface area (Å²) in [6.07, 6.45) is 0. The molecule has 0 aliphatic carbocycles. The van der Waals surface area contributed by atoms with Crippen LogP contribution in [0.2, 0.25) is 0 Å². The highest BCUT2D eigenvalue weighted by molar-refractivity contribution is 8.02. The van der Waals surface area contributed by atoms with Gasteiger partial charge in [-0.2, -0.15) is 0 Å². The van der Waals surface area contributed by atoms with Crippen molar-refractivity contribution >= 4 is 29.2 Å². The van der Waals surface area contributed by atoms with E-state index >= 15 is 0 Å². The Hall–Kier alpha value is -0.280. The molecule has 0 radical (unpaired) electrons. The Labute approximate surface area is 94.8 Å². The van der Waals surface area contributed by atoms with E-state index in [1.807, 2.05) is 23.5 Å². The van der Waals surface area contributed by atoms with Gasteiger partial charge in [0, 0.05) is 15.5 Å². The molecular weight excluding hydrogens is 210 g/mol. The molecule has 0 aliphatic rings. The zero-order valence-electron chi connectivity index (χ0n) is 8.96. The van der Waals surface area contributed by atoms with Crippen LogP contribution in [-0.4, -0.2) is 11.5 Å². The highest BCUT2D eigenvalue weighted by Crippen LogP contribution is 2.34. The van der Waals surface area contributed by atoms with Gasteiger partial charge in [0.2, 0.25) is 0 Å². The zero-order valence-corrected chi connectivity index (χ0v) is 10.6. The van der Waals surface area contributed by atoms with E-state index in [1.165, 1.54) is 15.4 Å². The molecule has 0 atom stereocenters. The minimum absolute atomic E-state index is 0.904. The molecule has 1 rings (SSSR count). The lowest BCUT2D eigenvalue weighted by Crippen LogP contribution is -1.92. The molecule has 0 amide bonds. The lowest BCUT2D eigenvalue weighted by Gasteiger charge is -2.10. The van der Waals surface area contributed by atoms with E-state index < -0.39 is 0 Å². The van der Waals surface area contributed by atoms with Gasteiger partial charge in [-0.15, -0.1) is 23.5 Å². The van der Waals surface area contributed by atoms with E-state index in [4.69, 9.17) is 5.73 Å². The van der Waals surface area contributed by atoms with E-state index in [9.17, 15) is 0 Å². The summed E-state index contributed by atoms with van der Waals surface area (Å²) in [5.41, 5.74) is 7.98. The number of hydrogen-bond acceptors (Lipinski definition) is 3. The second-order valence-corrected chi connectivity index (χ2v) is 5.63. The van der Waals surface area contributed by atoms with Crippen molar-refractivity contribution in [1.82, 2.24) is 0 Å². The van der Waals surface area contributed by atoms with E-state index in [1.54, 1.807) is 0 Å². The quantitative estimate of drug-likeness (QED) is 0.626. The third-order valence-electron chi connectivity index (χ3n) is 1.93. The Bertz CT molecular complexity index is 279. The number of aryl methyl sites for hydroxylation is 1. The topological polar surface area (TPSA) is 26.0 Å². The standard InChI is InChI=1S/C11H17NS2/c1-4-13-10-6-8(3)9(12)7-11(10)14-5-2/h6-7H,4-5,12H2,1-3H3. The fraction of sp³-hybridized carbons (Fsp3) is 0.455. The summed E-state index contributed by atoms with van der Waals surface area (Å²) in [6.45, 7) is 6.41. The first-order valence-corrected chi connectivity index (χ1v) is 6.81. The van der Waals surface area contributed by atoms with Crippen LogP contribution in [0.1, 0.15) is 19.4 Å². The molecule has 1 aromatic rings. The third kappa shape index (κ3) is 2.85. The first-order valence-electron chi connectivity index (χ1n) is 4.84. The molecule has 0 unspecified atom stereocenters. The molecule has 0 bridgehead atoms. The number of nitrogen functional groups attached to an aromatic ring is 1. The van der Waals surface area contributed by atoms with Gasteiger partial charge in [-0.05, 0) is 36.1 Å². The lowest BCUT2D eigenvalue weighted by atomic mass is 10.2. The van der Waals surface area contributed by atoms with Gasteiger partial charge in [-0.1, -0.05) is 13.8 Å². The first-order chi connectivity index (χ1) is 6.69. The SMILES string of the molecule is CCSc1cc(C)c(N)cc1SCC. The Kier molecular flexibility index (Phi) is 4.69. The van der Waals surface area contributed by atoms with Crippen LogP contribution >= 0.6 is 23.5 Å². The molecule has 0 saturated heterocycles. The van der Waals surface area contributed by atoms with E-state index in [0.717, 1.165) is 17.2 Å². The lowest BCUT2D eigenvalue weighted by molar-refractivity contribution is 1.21. The summed E-state index contributed by atoms with van der Waals surface area (Å²) in [7, 11) is 0. The van der Waals surface area contributed by atoms with Gasteiger partial charge in [-0.3, -0.25) is 0 Å². The smallest absolute Gasteiger partial charge is 0.0355 e. The molecule has 14 heavy (non-hydrogen) atoms. The average molecular weight is 227 g/mol. The van der Waals surface area contributed by atoms with E-state index in [2.05, 4.69) is 32.9 Å². The van der Waals surface area contributed by atoms with Crippen LogP contribution in [0.15, 0.2) is 21.9 Å². The van der Waals surface area contributed by atoms with Gasteiger partial charge in [0.25, 0.3) is 0 Å². The van der Waals surface area contributed by atoms with Gasteiger partial charge in [0.1, 0.15) is 0 Å². The monoisotopic (exact) mass is 227 g/mol. The van der Waals surface area contributed by atoms with Crippen LogP contribution in [0.3, 0.4) is 0 Å². The van der Waals surface area contributed by atoms with Gasteiger partial charge in [0.05, 0.1) is 0 Å². The maximum absolute atomic E-state index is 5.89. The molecule has 78 valence electrons. The fourth-order valence-electron chi connectivity index (χ4n) is 1.21. The molecule has 0 aromatic heterocycles. The maximum atomic E-state index is 5.89. The number of thioether (sulfide) groups is 2. The fourth-order valence-corrected chi connectivity index (χ4v) is 3.06. The van der Waals surface area contributed by atoms with Crippen molar-refractivity contribution in [3.05, 3.63) is 17.7 Å². The summed E-state index contributed by atoms with van der Waals surface area (Å²) in [4.78, 5) is 2.69. The maximum Gasteiger partial charge on any atom is 0.0355 e. The molecule has 0 spiro atoms. The number of hydrogen-bond donors (Lipinski definition) is 1. The van der Waals surface area contributed by atoms with Crippen molar-refractivity contribution in [2.45, 2.75) is 30.6 Å². The molecule has 0 heterocycles. The van der Waals surface area contributed by atoms with Crippen molar-refractivity contribution in [2.24, 2.45) is 0 Å². The average Bonchev–Trinajstić information content (AvgIpc) is 2.14. The first kappa shape index (κ1) is 11.8. The van der Waals surface area contributed by atoms with Crippen LogP contribution in [-0.2, 0) is 0 Å². The zero-order chi connectivity index (χ0) is 10.6. The molecule has 2 N–H and O–H groups in total. The Morgan fingerprint density at radius 1 is 1.07 bits per heavy atom. The predicted octanol–water partition coefficient (Wildman–Crippen LogP) is 3.80. The summed E-state index contributed by atoms with van der Waals surface area (Å²) < 4.78 is 0. The van der Waals surface area contributed by atoms with Crippen molar-refractivity contribution < 1.29 is 0 Å². The van der Waals surface area contributed by atoms with Crippen LogP contribution in [0.25, 0.3) is 0 Å². The van der Waals surface area contributed by atoms with Crippen molar-refractivity contribution in [1.29, 1.82) is 0 Å². The minimum Gasteiger partial charge on any atom is -0.398 e. The molecular formula is C11H17NS2. The summed E-state index contributed by atoms with van der Waals surface area (Å²) in [6, 6.07) is 4.29. The second kappa shape index (κ2) is 5.56. The van der Waals surface area contributed by atoms with Gasteiger partial charge in [-0.25, -0.2) is 0 Å². The summed E-state index contributed by atoms with van der Waals surface area (Å²) in [5.74, 6) is 2.21. The van der Waals surface area contributed by atoms with E-state index in [-0.39, 0.29) is 0 Å². The largest absolute Gasteiger partial charge is 0.398 e. The normalized spacial score (nSPS) is 10.5. The van der Waals surface area contributed by atoms with Crippen molar-refractivity contribution in [3.63, 3.8) is 0 Å². The van der Waals surface area contributed by atoms with Gasteiger partial charge >= 0.3 is 0 Å². The number of rotatable bonds is 4. The van der Waals surface area contributed by atoms with Crippen LogP contribution in [0.4, 0.5) is 5.69 Å². The van der Waals surface area contributed by atoms with Gasteiger partial charge in [0.15, 0.2) is 0 Å². The van der Waals surface area contributed by atoms with Gasteiger partial charge < -0.3 is 5.73 Å². The molecule has 1 nitrogen and oxygen atoms in total. The highest BCUT2D eigenvalue weighted by atomic mass is 32.2. The summed E-state index contributed by atoms with van der Waals surface area (Å²) >= 11 is 3.75. The number of anilines is 1. The minimum atomic E-state index is 0.904. The Balaban J connectivity index is 3.03. The molecule has 0 saturated carbocycles. The molecule has 1 aromatic carbocycles. The van der Waals surface area contributed by atoms with Crippen molar-refractivity contribution in [3.8, 4) is 0 Å². The predicted molar refractivity (Wildman–Crippen MR) is 68.4 cm³/mol. The Morgan fingerprint density at radius 2 is 1.57 bits per heavy atom. The van der Waals surface area contributed by atoms with Crippen LogP contribution in [0, 0.1) is 6.92 Å². The van der Waals surface area contributed by atoms with Crippen LogP contribution < -0.4 is 5.73 Å². The molecule has 0 aliphatic heterocycles. The summed E-state index contributed by atoms with van der Waals surface area (Å²) in [5, 5.41) is 0. The number of nitrogens with two attached hydrogens (primary N) is 1. The second-order valence-electron chi connectivity index (χ2n) is 3.02. The Morgan fingerprint density at radius 3 is 2.07 bits per heavy atom. The van der Waals surface area contributed by atoms with Crippen LogP contribution in [0.5, 0.6) is 0 Å². The van der Waals surface area contributed by atoms with E-state index in [0.29, 0.717) is 0 Å². The third-order valence-corrected chi connectivity index (χ3v) is 3.94. The van der Waals surface area contributed by atoms with Crippen molar-refractivity contribution in [2.75, 3.05) is 17.2 Å². The molecule has 0 fully saturated rings. The highest BCUT2D eigenvalue weighted by Gasteiger charge is 2.05. The molecule has 3 heteroatoms.